The smallest absolute Gasteiger partial charge is 0.251 e. The number of amides is 1. The number of carbonyl (C=O) groups excluding carboxylic acids is 1. The third kappa shape index (κ3) is 5.02. The van der Waals surface area contributed by atoms with Crippen molar-refractivity contribution in [1.82, 2.24) is 14.9 Å². The molecular weight excluding hydrogens is 466 g/mol. The van der Waals surface area contributed by atoms with Gasteiger partial charge in [0.25, 0.3) is 5.91 Å². The number of hydrogen-bond donors (Lipinski definition) is 1. The lowest BCUT2D eigenvalue weighted by Crippen LogP contribution is -2.25. The Morgan fingerprint density at radius 1 is 1.06 bits per heavy atom. The minimum atomic E-state index is -0.122. The zero-order chi connectivity index (χ0) is 22.5. The van der Waals surface area contributed by atoms with Crippen LogP contribution in [0.2, 0.25) is 0 Å². The van der Waals surface area contributed by atoms with Crippen molar-refractivity contribution in [3.05, 3.63) is 93.7 Å². The van der Waals surface area contributed by atoms with E-state index in [0.29, 0.717) is 18.7 Å². The van der Waals surface area contributed by atoms with Crippen LogP contribution in [0.3, 0.4) is 0 Å². The maximum atomic E-state index is 12.6. The Morgan fingerprint density at radius 2 is 1.88 bits per heavy atom. The fourth-order valence-corrected chi connectivity index (χ4v) is 4.09. The predicted octanol–water partition coefficient (Wildman–Crippen LogP) is 5.81. The molecule has 1 amide bonds. The van der Waals surface area contributed by atoms with Crippen molar-refractivity contribution in [3.8, 4) is 5.75 Å². The summed E-state index contributed by atoms with van der Waals surface area (Å²) in [5.74, 6) is 1.64. The number of fused-ring (bicyclic) bond motifs is 1. The van der Waals surface area contributed by atoms with Crippen molar-refractivity contribution < 1.29 is 9.53 Å². The van der Waals surface area contributed by atoms with Gasteiger partial charge < -0.3 is 14.6 Å². The molecule has 0 bridgehead atoms. The van der Waals surface area contributed by atoms with E-state index in [1.54, 1.807) is 6.07 Å². The highest BCUT2D eigenvalue weighted by Gasteiger charge is 2.13. The summed E-state index contributed by atoms with van der Waals surface area (Å²) in [4.78, 5) is 17.3. The topological polar surface area (TPSA) is 56.1 Å². The zero-order valence-corrected chi connectivity index (χ0v) is 19.9. The Labute approximate surface area is 196 Å². The number of rotatable bonds is 8. The molecule has 1 aromatic heterocycles. The molecule has 0 fully saturated rings. The molecule has 0 unspecified atom stereocenters. The molecule has 6 heteroatoms. The van der Waals surface area contributed by atoms with E-state index in [1.807, 2.05) is 48.5 Å². The number of benzene rings is 3. The Balaban J connectivity index is 1.44. The van der Waals surface area contributed by atoms with Gasteiger partial charge in [-0.25, -0.2) is 4.98 Å². The highest BCUT2D eigenvalue weighted by Crippen LogP contribution is 2.21. The van der Waals surface area contributed by atoms with Gasteiger partial charge in [-0.1, -0.05) is 46.3 Å². The van der Waals surface area contributed by atoms with E-state index in [0.717, 1.165) is 40.0 Å². The Morgan fingerprint density at radius 3 is 2.72 bits per heavy atom. The average molecular weight is 492 g/mol. The Bertz CT molecular complexity index is 1250. The lowest BCUT2D eigenvalue weighted by atomic mass is 10.1. The molecule has 0 aliphatic carbocycles. The number of nitrogens with zero attached hydrogens (tertiary/aromatic N) is 2. The first-order chi connectivity index (χ1) is 15.5. The van der Waals surface area contributed by atoms with E-state index in [9.17, 15) is 4.79 Å². The standard InChI is InChI=1S/C26H26BrN3O2/c1-18-8-5-13-24(19(18)2)32-15-7-14-30-23-12-4-3-11-22(23)29-25(30)17-28-26(31)20-9-6-10-21(27)16-20/h3-6,8-13,16H,7,14-15,17H2,1-2H3,(H,28,31). The maximum absolute atomic E-state index is 12.6. The van der Waals surface area contributed by atoms with Crippen LogP contribution in [0.15, 0.2) is 71.2 Å². The molecule has 0 spiro atoms. The predicted molar refractivity (Wildman–Crippen MR) is 131 cm³/mol. The first-order valence-electron chi connectivity index (χ1n) is 10.7. The van der Waals surface area contributed by atoms with E-state index in [1.165, 1.54) is 11.1 Å². The molecule has 4 aromatic rings. The molecule has 4 rings (SSSR count). The minimum Gasteiger partial charge on any atom is -0.493 e. The van der Waals surface area contributed by atoms with Crippen molar-refractivity contribution in [1.29, 1.82) is 0 Å². The van der Waals surface area contributed by atoms with Gasteiger partial charge in [0.2, 0.25) is 0 Å². The van der Waals surface area contributed by atoms with Gasteiger partial charge in [-0.05, 0) is 67.8 Å². The first kappa shape index (κ1) is 22.1. The monoisotopic (exact) mass is 491 g/mol. The largest absolute Gasteiger partial charge is 0.493 e. The summed E-state index contributed by atoms with van der Waals surface area (Å²) in [7, 11) is 0. The van der Waals surface area contributed by atoms with Gasteiger partial charge in [-0.3, -0.25) is 4.79 Å². The quantitative estimate of drug-likeness (QED) is 0.316. The molecule has 3 aromatic carbocycles. The summed E-state index contributed by atoms with van der Waals surface area (Å²) in [6.45, 7) is 5.90. The van der Waals surface area contributed by atoms with Crippen LogP contribution < -0.4 is 10.1 Å². The molecule has 32 heavy (non-hydrogen) atoms. The summed E-state index contributed by atoms with van der Waals surface area (Å²) in [6.07, 6.45) is 0.834. The number of para-hydroxylation sites is 2. The van der Waals surface area contributed by atoms with E-state index in [-0.39, 0.29) is 5.91 Å². The van der Waals surface area contributed by atoms with Gasteiger partial charge in [0.15, 0.2) is 0 Å². The molecule has 0 aliphatic rings. The zero-order valence-electron chi connectivity index (χ0n) is 18.3. The van der Waals surface area contributed by atoms with E-state index < -0.39 is 0 Å². The van der Waals surface area contributed by atoms with Crippen LogP contribution in [0.5, 0.6) is 5.75 Å². The summed E-state index contributed by atoms with van der Waals surface area (Å²) in [6, 6.07) is 21.5. The average Bonchev–Trinajstić information content (AvgIpc) is 3.15. The Hall–Kier alpha value is -3.12. The lowest BCUT2D eigenvalue weighted by Gasteiger charge is -2.13. The third-order valence-corrected chi connectivity index (χ3v) is 6.06. The van der Waals surface area contributed by atoms with Gasteiger partial charge in [-0.2, -0.15) is 0 Å². The normalized spacial score (nSPS) is 11.0. The van der Waals surface area contributed by atoms with E-state index in [4.69, 9.17) is 9.72 Å². The molecule has 5 nitrogen and oxygen atoms in total. The van der Waals surface area contributed by atoms with Gasteiger partial charge in [0, 0.05) is 16.6 Å². The van der Waals surface area contributed by atoms with Crippen molar-refractivity contribution in [3.63, 3.8) is 0 Å². The van der Waals surface area contributed by atoms with Crippen LogP contribution in [-0.2, 0) is 13.1 Å². The second-order valence-electron chi connectivity index (χ2n) is 7.76. The number of carbonyl (C=O) groups is 1. The van der Waals surface area contributed by atoms with E-state index in [2.05, 4.69) is 51.8 Å². The van der Waals surface area contributed by atoms with Crippen molar-refractivity contribution in [2.45, 2.75) is 33.4 Å². The number of halogens is 1. The molecule has 1 N–H and O–H groups in total. The van der Waals surface area contributed by atoms with Gasteiger partial charge >= 0.3 is 0 Å². The SMILES string of the molecule is Cc1cccc(OCCCn2c(CNC(=O)c3cccc(Br)c3)nc3ccccc32)c1C. The van der Waals surface area contributed by atoms with Crippen LogP contribution in [-0.4, -0.2) is 22.1 Å². The van der Waals surface area contributed by atoms with Crippen molar-refractivity contribution in [2.75, 3.05) is 6.61 Å². The molecule has 1 heterocycles. The first-order valence-corrected chi connectivity index (χ1v) is 11.5. The molecular formula is C26H26BrN3O2. The van der Waals surface area contributed by atoms with Crippen LogP contribution >= 0.6 is 15.9 Å². The molecule has 0 saturated carbocycles. The number of hydrogen-bond acceptors (Lipinski definition) is 3. The van der Waals surface area contributed by atoms with Gasteiger partial charge in [-0.15, -0.1) is 0 Å². The fourth-order valence-electron chi connectivity index (χ4n) is 3.69. The van der Waals surface area contributed by atoms with Crippen LogP contribution in [0.25, 0.3) is 11.0 Å². The molecule has 0 radical (unpaired) electrons. The van der Waals surface area contributed by atoms with Gasteiger partial charge in [0.05, 0.1) is 24.2 Å². The second kappa shape index (κ2) is 10.0. The Kier molecular flexibility index (Phi) is 6.90. The number of nitrogens with one attached hydrogen (secondary N) is 1. The molecule has 0 aliphatic heterocycles. The highest BCUT2D eigenvalue weighted by atomic mass is 79.9. The number of aryl methyl sites for hydroxylation is 2. The maximum Gasteiger partial charge on any atom is 0.251 e. The molecule has 0 atom stereocenters. The summed E-state index contributed by atoms with van der Waals surface area (Å²) in [5.41, 5.74) is 5.01. The number of imidazole rings is 1. The van der Waals surface area contributed by atoms with Crippen LogP contribution in [0, 0.1) is 13.8 Å². The van der Waals surface area contributed by atoms with Crippen LogP contribution in [0.4, 0.5) is 0 Å². The number of aromatic nitrogens is 2. The second-order valence-corrected chi connectivity index (χ2v) is 8.68. The summed E-state index contributed by atoms with van der Waals surface area (Å²) < 4.78 is 9.07. The minimum absolute atomic E-state index is 0.122. The van der Waals surface area contributed by atoms with E-state index >= 15 is 0 Å². The fraction of sp³-hybridized carbons (Fsp3) is 0.231. The third-order valence-electron chi connectivity index (χ3n) is 5.57. The van der Waals surface area contributed by atoms with Crippen molar-refractivity contribution in [2.24, 2.45) is 0 Å². The van der Waals surface area contributed by atoms with Crippen LogP contribution in [0.1, 0.15) is 33.7 Å². The number of ether oxygens (including phenoxy) is 1. The molecule has 164 valence electrons. The summed E-state index contributed by atoms with van der Waals surface area (Å²) in [5, 5.41) is 3.00. The molecule has 0 saturated heterocycles. The lowest BCUT2D eigenvalue weighted by molar-refractivity contribution is 0.0949. The van der Waals surface area contributed by atoms with Crippen molar-refractivity contribution >= 4 is 32.9 Å². The summed E-state index contributed by atoms with van der Waals surface area (Å²) >= 11 is 3.41. The highest BCUT2D eigenvalue weighted by molar-refractivity contribution is 9.10. The van der Waals surface area contributed by atoms with Gasteiger partial charge in [0.1, 0.15) is 11.6 Å².